The number of rotatable bonds is 17. The Balaban J connectivity index is -0.00000134. The zero-order valence-corrected chi connectivity index (χ0v) is 64.7. The van der Waals surface area contributed by atoms with Crippen molar-refractivity contribution in [3.8, 4) is 12.1 Å². The Kier molecular flexibility index (Phi) is 52.4. The Morgan fingerprint density at radius 2 is 0.387 bits per heavy atom. The Bertz CT molecular complexity index is 3730. The van der Waals surface area contributed by atoms with E-state index in [4.69, 9.17) is 40.4 Å². The van der Waals surface area contributed by atoms with E-state index in [2.05, 4.69) is 76.1 Å². The first-order valence-electron chi connectivity index (χ1n) is 31.7. The minimum Gasteiger partial charge on any atom is -0.418 e. The van der Waals surface area contributed by atoms with E-state index in [1.165, 1.54) is 38.3 Å². The molecule has 5 amide bonds. The summed E-state index contributed by atoms with van der Waals surface area (Å²) in [7, 11) is -1.12. The Morgan fingerprint density at radius 1 is 0.288 bits per heavy atom. The third kappa shape index (κ3) is 49.9. The van der Waals surface area contributed by atoms with Crippen molar-refractivity contribution in [2.24, 2.45) is 0 Å². The van der Waals surface area contributed by atoms with Crippen LogP contribution in [0.1, 0.15) is 48.8 Å². The summed E-state index contributed by atoms with van der Waals surface area (Å²) < 4.78 is 117. The predicted octanol–water partition coefficient (Wildman–Crippen LogP) is 12.5. The van der Waals surface area contributed by atoms with Gasteiger partial charge in [-0.25, -0.2) is 29.9 Å². The second-order valence-corrected chi connectivity index (χ2v) is 22.8. The number of nitrogens with one attached hydrogen (secondary N) is 6. The summed E-state index contributed by atoms with van der Waals surface area (Å²) in [6.07, 6.45) is 3.75. The van der Waals surface area contributed by atoms with Gasteiger partial charge in [0.15, 0.2) is 0 Å². The van der Waals surface area contributed by atoms with Gasteiger partial charge in [-0.05, 0) is 72.8 Å². The van der Waals surface area contributed by atoms with Crippen LogP contribution in [-0.4, -0.2) is 218 Å². The van der Waals surface area contributed by atoms with Crippen molar-refractivity contribution in [3.05, 3.63) is 181 Å². The number of H-pyrrole nitrogens is 6. The molecule has 0 saturated carbocycles. The summed E-state index contributed by atoms with van der Waals surface area (Å²) in [5.74, 6) is 5.55. The van der Waals surface area contributed by atoms with Crippen molar-refractivity contribution in [1.82, 2.24) is 94.1 Å². The maximum Gasteiger partial charge on any atom is 1.00 e. The van der Waals surface area contributed by atoms with Gasteiger partial charge < -0.3 is 106 Å². The van der Waals surface area contributed by atoms with E-state index in [0.717, 1.165) is 133 Å². The van der Waals surface area contributed by atoms with Crippen LogP contribution in [0.2, 0.25) is 0 Å². The van der Waals surface area contributed by atoms with Crippen LogP contribution in [0.4, 0.5) is 51.8 Å². The van der Waals surface area contributed by atoms with Crippen molar-refractivity contribution >= 4 is 120 Å². The molecule has 12 rings (SSSR count). The van der Waals surface area contributed by atoms with Crippen molar-refractivity contribution < 1.29 is 127 Å². The second kappa shape index (κ2) is 55.7. The molecule has 0 atom stereocenters. The average molecular weight is 1710 g/mol. The van der Waals surface area contributed by atoms with Crippen LogP contribution < -0.4 is 0 Å². The van der Waals surface area contributed by atoms with E-state index in [1.54, 1.807) is 82.6 Å². The molecule has 0 bridgehead atoms. The number of hydrogen-bond acceptors (Lipinski definition) is 15. The average Bonchev–Trinajstić information content (AvgIpc) is 1.68. The second-order valence-electron chi connectivity index (χ2n) is 22.8. The number of carbonyl (C=O) groups excluding carboxylic acids is 5. The number of imidazole rings is 6. The minimum absolute atomic E-state index is 0. The maximum absolute atomic E-state index is 9.75. The SMILES string of the molecule is CC#N.CC#N.CN(C)C=O.CN(C)C=O.CN(C)C=O.CN(C)C=O.CN(C)C=O.F[B-](F)(F)F.F[B-](F)(F)F.F[B-](F)(F)F.[Cu+].[Cu+].[Cu+].c1ccc2[nH]c(CN(Cc3nc4ccccc4[nH]3)Cc3nc4ccccc4[nH]3)nc2c1.c1ccc2[nH]c(CN(Cc3nc4ccccc4[nH]3)Cc3nc4ccccc4[nH]3)nc2c1. The van der Waals surface area contributed by atoms with Gasteiger partial charge in [0.25, 0.3) is 0 Å². The van der Waals surface area contributed by atoms with Gasteiger partial charge in [-0.15, -0.1) is 0 Å². The molecule has 6 aromatic heterocycles. The van der Waals surface area contributed by atoms with E-state index in [1.807, 2.05) is 109 Å². The van der Waals surface area contributed by atoms with Crippen LogP contribution in [0, 0.1) is 22.7 Å². The van der Waals surface area contributed by atoms with Gasteiger partial charge >= 0.3 is 73.0 Å². The fourth-order valence-electron chi connectivity index (χ4n) is 8.09. The Labute approximate surface area is 664 Å². The quantitative estimate of drug-likeness (QED) is 0.0280. The zero-order valence-electron chi connectivity index (χ0n) is 61.9. The fraction of sp³-hybridized carbons (Fsp3) is 0.269. The molecule has 0 spiro atoms. The molecule has 26 nitrogen and oxygen atoms in total. The number of para-hydroxylation sites is 12. The van der Waals surface area contributed by atoms with Crippen LogP contribution in [0.15, 0.2) is 146 Å². The molecule has 0 fully saturated rings. The number of benzene rings is 6. The van der Waals surface area contributed by atoms with Crippen LogP contribution in [0.25, 0.3) is 66.2 Å². The summed E-state index contributed by atoms with van der Waals surface area (Å²) in [4.78, 5) is 108. The first kappa shape index (κ1) is 104. The van der Waals surface area contributed by atoms with Gasteiger partial charge in [0.1, 0.15) is 34.9 Å². The molecule has 0 aliphatic rings. The summed E-state index contributed by atoms with van der Waals surface area (Å²) in [5.41, 5.74) is 12.1. The number of aromatic amines is 6. The number of aromatic nitrogens is 12. The van der Waals surface area contributed by atoms with Crippen molar-refractivity contribution in [2.75, 3.05) is 70.5 Å². The Morgan fingerprint density at radius 3 is 0.477 bits per heavy atom. The van der Waals surface area contributed by atoms with E-state index in [9.17, 15) is 75.8 Å². The maximum atomic E-state index is 9.75. The van der Waals surface area contributed by atoms with Gasteiger partial charge in [-0.1, -0.05) is 72.8 Å². The molecule has 612 valence electrons. The monoisotopic (exact) mass is 1710 g/mol. The van der Waals surface area contributed by atoms with Gasteiger partial charge in [-0.3, -0.25) is 33.8 Å². The van der Waals surface area contributed by atoms with Gasteiger partial charge in [0.2, 0.25) is 32.1 Å². The molecule has 0 radical (unpaired) electrons. The first-order chi connectivity index (χ1) is 50.8. The van der Waals surface area contributed by atoms with E-state index < -0.39 is 21.8 Å². The predicted molar refractivity (Wildman–Crippen MR) is 394 cm³/mol. The third-order valence-electron chi connectivity index (χ3n) is 11.9. The molecule has 6 heterocycles. The van der Waals surface area contributed by atoms with Crippen LogP contribution in [0.3, 0.4) is 0 Å². The largest absolute Gasteiger partial charge is 1.00 e. The number of halogens is 12. The number of carbonyl (C=O) groups is 5. The first-order valence-corrected chi connectivity index (χ1v) is 31.7. The minimum atomic E-state index is -6.00. The normalized spacial score (nSPS) is 9.95. The van der Waals surface area contributed by atoms with Gasteiger partial charge in [0.05, 0.1) is 118 Å². The number of nitrogens with zero attached hydrogens (tertiary/aromatic N) is 15. The molecule has 0 aliphatic carbocycles. The molecule has 0 saturated heterocycles. The third-order valence-corrected chi connectivity index (χ3v) is 11.9. The zero-order chi connectivity index (χ0) is 81.6. The van der Waals surface area contributed by atoms with E-state index >= 15 is 0 Å². The van der Waals surface area contributed by atoms with E-state index in [0.29, 0.717) is 39.3 Å². The smallest absolute Gasteiger partial charge is 0.418 e. The van der Waals surface area contributed by atoms with Crippen molar-refractivity contribution in [1.29, 1.82) is 10.5 Å². The molecule has 6 N–H and O–H groups in total. The topological polar surface area (TPSA) is 328 Å². The van der Waals surface area contributed by atoms with Crippen LogP contribution in [-0.2, 0) is 114 Å². The fourth-order valence-corrected chi connectivity index (χ4v) is 8.09. The number of nitriles is 2. The standard InChI is InChI=1S/2C24H21N7.5C3H7NO.2C2H3N.3BF4.3Cu/c2*1-2-8-17-16(7-1)25-22(26-17)13-31(14-23-27-18-9-3-4-10-19(18)28-23)15-24-29-20-11-5-6-12-21(20)30-24;5*1-4(2)3-5;2*1-2-3;3*2-1(3,4)5;;;/h2*1-12H,13-15H2,(H,25,26)(H,27,28)(H,29,30);5*3H,1-2H3;2*1H3;;;;;;/q;;;;;;;;;3*-1;3*+1. The van der Waals surface area contributed by atoms with Gasteiger partial charge in [0, 0.05) is 84.3 Å². The molecule has 12 aromatic rings. The number of fused-ring (bicyclic) bond motifs is 6. The summed E-state index contributed by atoms with van der Waals surface area (Å²) >= 11 is 0. The van der Waals surface area contributed by atoms with Crippen molar-refractivity contribution in [3.63, 3.8) is 0 Å². The Hall–Kier alpha value is -10.7. The van der Waals surface area contributed by atoms with Crippen molar-refractivity contribution in [2.45, 2.75) is 53.1 Å². The molecular formula is C67H83B3Cu3F12N21O5. The van der Waals surface area contributed by atoms with Crippen LogP contribution in [0.5, 0.6) is 0 Å². The van der Waals surface area contributed by atoms with Gasteiger partial charge in [-0.2, -0.15) is 10.5 Å². The van der Waals surface area contributed by atoms with Crippen LogP contribution >= 0.6 is 0 Å². The summed E-state index contributed by atoms with van der Waals surface area (Å²) in [5, 5.41) is 14.6. The molecular weight excluding hydrogens is 1630 g/mol. The van der Waals surface area contributed by atoms with E-state index in [-0.39, 0.29) is 51.2 Å². The summed E-state index contributed by atoms with van der Waals surface area (Å²) in [6, 6.07) is 52.1. The summed E-state index contributed by atoms with van der Waals surface area (Å²) in [6.45, 7) is 6.79. The molecule has 0 unspecified atom stereocenters. The number of amides is 5. The molecule has 6 aromatic carbocycles. The number of hydrogen-bond donors (Lipinski definition) is 6. The molecule has 44 heteroatoms. The molecule has 111 heavy (non-hydrogen) atoms. The molecule has 0 aliphatic heterocycles.